The number of nitrogen functional groups attached to an aromatic ring is 1. The summed E-state index contributed by atoms with van der Waals surface area (Å²) in [5.41, 5.74) is 5.47. The fraction of sp³-hybridized carbons (Fsp3) is 0.375. The fourth-order valence-electron chi connectivity index (χ4n) is 1.40. The zero-order chi connectivity index (χ0) is 13.8. The predicted molar refractivity (Wildman–Crippen MR) is 64.3 cm³/mol. The van der Waals surface area contributed by atoms with E-state index in [4.69, 9.17) is 15.4 Å². The molecular weight excluding hydrogens is 277 g/mol. The maximum atomic E-state index is 11.5. The second-order valence-electron chi connectivity index (χ2n) is 3.45. The van der Waals surface area contributed by atoms with Crippen LogP contribution in [0.5, 0.6) is 0 Å². The van der Waals surface area contributed by atoms with Crippen LogP contribution in [-0.2, 0) is 20.6 Å². The van der Waals surface area contributed by atoms with E-state index < -0.39 is 13.8 Å². The Kier molecular flexibility index (Phi) is 4.17. The highest BCUT2D eigenvalue weighted by Crippen LogP contribution is 2.13. The number of hydrogen-bond acceptors (Lipinski definition) is 7. The Morgan fingerprint density at radius 1 is 1.53 bits per heavy atom. The molecule has 0 fully saturated rings. The van der Waals surface area contributed by atoms with Gasteiger partial charge in [0, 0.05) is 4.57 Å². The first kappa shape index (κ1) is 13.6. The summed E-state index contributed by atoms with van der Waals surface area (Å²) >= 11 is 0. The first-order valence-electron chi connectivity index (χ1n) is 5.15. The zero-order valence-corrected chi connectivity index (χ0v) is 10.5. The fourth-order valence-corrected chi connectivity index (χ4v) is 1.63. The third-order valence-electron chi connectivity index (χ3n) is 2.15. The molecule has 10 nitrogen and oxygen atoms in total. The van der Waals surface area contributed by atoms with Crippen LogP contribution in [0.1, 0.15) is 0 Å². The molecule has 2 aromatic rings. The van der Waals surface area contributed by atoms with Gasteiger partial charge >= 0.3 is 8.25 Å². The number of aromatic amines is 1. The highest BCUT2D eigenvalue weighted by molar-refractivity contribution is 7.32. The van der Waals surface area contributed by atoms with Gasteiger partial charge in [-0.1, -0.05) is 0 Å². The number of hydrogen-bond donors (Lipinski definition) is 3. The summed E-state index contributed by atoms with van der Waals surface area (Å²) in [7, 11) is -2.62. The quantitative estimate of drug-likeness (QED) is 0.469. The van der Waals surface area contributed by atoms with Gasteiger partial charge in [0.05, 0.1) is 12.9 Å². The van der Waals surface area contributed by atoms with E-state index in [9.17, 15) is 9.36 Å². The van der Waals surface area contributed by atoms with E-state index in [0.29, 0.717) is 5.65 Å². The molecule has 0 bridgehead atoms. The van der Waals surface area contributed by atoms with Gasteiger partial charge in [0.1, 0.15) is 13.3 Å². The van der Waals surface area contributed by atoms with Crippen LogP contribution in [0, 0.1) is 0 Å². The predicted octanol–water partition coefficient (Wildman–Crippen LogP) is -0.658. The second kappa shape index (κ2) is 5.85. The van der Waals surface area contributed by atoms with Gasteiger partial charge in [-0.25, -0.2) is 4.98 Å². The van der Waals surface area contributed by atoms with Crippen molar-refractivity contribution < 1.29 is 18.7 Å². The van der Waals surface area contributed by atoms with E-state index in [0.717, 1.165) is 0 Å². The molecule has 0 radical (unpaired) electrons. The van der Waals surface area contributed by atoms with Crippen molar-refractivity contribution in [2.24, 2.45) is 0 Å². The zero-order valence-electron chi connectivity index (χ0n) is 9.65. The molecule has 102 valence electrons. The Labute approximate surface area is 107 Å². The molecule has 19 heavy (non-hydrogen) atoms. The van der Waals surface area contributed by atoms with Crippen LogP contribution in [0.25, 0.3) is 11.2 Å². The number of ether oxygens (including phenoxy) is 1. The lowest BCUT2D eigenvalue weighted by molar-refractivity contribution is 0.0549. The van der Waals surface area contributed by atoms with Gasteiger partial charge in [-0.15, -0.1) is 9.42 Å². The van der Waals surface area contributed by atoms with Gasteiger partial charge in [-0.05, 0) is 0 Å². The first-order chi connectivity index (χ1) is 9.08. The second-order valence-corrected chi connectivity index (χ2v) is 4.18. The number of anilines is 1. The van der Waals surface area contributed by atoms with Crippen molar-refractivity contribution in [3.63, 3.8) is 0 Å². The number of nitrogens with two attached hydrogens (primary N) is 1. The topological polar surface area (TPSA) is 145 Å². The molecule has 2 aromatic heterocycles. The molecule has 0 aliphatic heterocycles. The minimum atomic E-state index is -2.62. The third-order valence-corrected chi connectivity index (χ3v) is 2.56. The molecule has 0 aliphatic rings. The largest absolute Gasteiger partial charge is 0.694 e. The van der Waals surface area contributed by atoms with Crippen molar-refractivity contribution in [2.45, 2.75) is 6.73 Å². The Bertz CT molecular complexity index is 653. The molecule has 4 N–H and O–H groups in total. The maximum Gasteiger partial charge on any atom is 0.694 e. The van der Waals surface area contributed by atoms with Crippen molar-refractivity contribution in [3.8, 4) is 0 Å². The lowest BCUT2D eigenvalue weighted by atomic mass is 10.5. The monoisotopic (exact) mass is 288 g/mol. The van der Waals surface area contributed by atoms with Crippen molar-refractivity contribution in [2.75, 3.05) is 18.9 Å². The molecule has 2 heterocycles. The molecule has 0 spiro atoms. The molecule has 0 amide bonds. The van der Waals surface area contributed by atoms with E-state index in [1.165, 1.54) is 10.9 Å². The van der Waals surface area contributed by atoms with E-state index in [-0.39, 0.29) is 31.4 Å². The average Bonchev–Trinajstić information content (AvgIpc) is 2.72. The number of imidazole rings is 1. The molecule has 1 atom stereocenters. The Morgan fingerprint density at radius 3 is 3.05 bits per heavy atom. The van der Waals surface area contributed by atoms with Gasteiger partial charge < -0.3 is 10.5 Å². The van der Waals surface area contributed by atoms with Crippen LogP contribution in [0.3, 0.4) is 0 Å². The van der Waals surface area contributed by atoms with E-state index >= 15 is 0 Å². The summed E-state index contributed by atoms with van der Waals surface area (Å²) in [5, 5.41) is 0. The lowest BCUT2D eigenvalue weighted by Crippen LogP contribution is -2.13. The van der Waals surface area contributed by atoms with Crippen LogP contribution in [-0.4, -0.2) is 37.6 Å². The number of fused-ring (bicyclic) bond motifs is 1. The van der Waals surface area contributed by atoms with E-state index in [2.05, 4.69) is 19.5 Å². The average molecular weight is 288 g/mol. The van der Waals surface area contributed by atoms with E-state index in [1.54, 1.807) is 0 Å². The van der Waals surface area contributed by atoms with Gasteiger partial charge in [0.15, 0.2) is 11.2 Å². The maximum absolute atomic E-state index is 11.5. The minimum absolute atomic E-state index is 0.0140. The summed E-state index contributed by atoms with van der Waals surface area (Å²) in [4.78, 5) is 30.1. The molecule has 0 aliphatic carbocycles. The Morgan fingerprint density at radius 2 is 2.32 bits per heavy atom. The van der Waals surface area contributed by atoms with Gasteiger partial charge in [-0.3, -0.25) is 14.3 Å². The standard InChI is InChI=1S/C8H10N5O5P/c9-8-11-6-5(7(14)12-8)10-3-13(6)4-17-1-2-18-19(15)16/h3H,1-2,4H2,(H3-,9,11,12,14,15,16)/p+1. The van der Waals surface area contributed by atoms with Gasteiger partial charge in [0.25, 0.3) is 5.56 Å². The smallest absolute Gasteiger partial charge is 0.369 e. The summed E-state index contributed by atoms with van der Waals surface area (Å²) in [6.45, 7) is 0.159. The normalized spacial score (nSPS) is 11.9. The molecule has 0 aromatic carbocycles. The highest BCUT2D eigenvalue weighted by Gasteiger charge is 2.11. The molecule has 11 heteroatoms. The van der Waals surface area contributed by atoms with Crippen LogP contribution in [0.4, 0.5) is 5.95 Å². The van der Waals surface area contributed by atoms with Crippen molar-refractivity contribution in [1.82, 2.24) is 19.5 Å². The van der Waals surface area contributed by atoms with Crippen LogP contribution < -0.4 is 11.3 Å². The SMILES string of the molecule is Nc1nc2c(ncn2COCCO[P+](=O)O)c(=O)[nH]1. The number of H-pyrrole nitrogens is 1. The Balaban J connectivity index is 2.01. The molecular formula is C8H11N5O5P+. The van der Waals surface area contributed by atoms with Gasteiger partial charge in [0.2, 0.25) is 5.95 Å². The number of nitrogens with one attached hydrogen (secondary N) is 1. The third kappa shape index (κ3) is 3.32. The number of aromatic nitrogens is 4. The van der Waals surface area contributed by atoms with Gasteiger partial charge in [-0.2, -0.15) is 4.98 Å². The van der Waals surface area contributed by atoms with Crippen molar-refractivity contribution in [1.29, 1.82) is 0 Å². The van der Waals surface area contributed by atoms with E-state index in [1.807, 2.05) is 0 Å². The molecule has 1 unspecified atom stereocenters. The summed E-state index contributed by atoms with van der Waals surface area (Å²) in [5.74, 6) is -0.0140. The lowest BCUT2D eigenvalue weighted by Gasteiger charge is -2.03. The first-order valence-corrected chi connectivity index (χ1v) is 6.28. The molecule has 2 rings (SSSR count). The summed E-state index contributed by atoms with van der Waals surface area (Å²) in [6.07, 6.45) is 1.39. The number of nitrogens with zero attached hydrogens (tertiary/aromatic N) is 3. The molecule has 0 saturated heterocycles. The molecule has 0 saturated carbocycles. The van der Waals surface area contributed by atoms with Crippen LogP contribution >= 0.6 is 8.25 Å². The summed E-state index contributed by atoms with van der Waals surface area (Å²) < 4.78 is 21.3. The minimum Gasteiger partial charge on any atom is -0.369 e. The van der Waals surface area contributed by atoms with Crippen molar-refractivity contribution >= 4 is 25.4 Å². The number of rotatable bonds is 6. The van der Waals surface area contributed by atoms with Crippen molar-refractivity contribution in [3.05, 3.63) is 16.7 Å². The van der Waals surface area contributed by atoms with Crippen LogP contribution in [0.15, 0.2) is 11.1 Å². The highest BCUT2D eigenvalue weighted by atomic mass is 31.1. The van der Waals surface area contributed by atoms with Crippen LogP contribution in [0.2, 0.25) is 0 Å². The Hall–Kier alpha value is -1.87. The summed E-state index contributed by atoms with van der Waals surface area (Å²) in [6, 6.07) is 0.